The van der Waals surface area contributed by atoms with Crippen LogP contribution in [0.15, 0.2) is 54.9 Å². The van der Waals surface area contributed by atoms with Crippen LogP contribution in [0.4, 0.5) is 5.69 Å². The number of hydrogen-bond acceptors (Lipinski definition) is 3. The van der Waals surface area contributed by atoms with E-state index in [1.54, 1.807) is 6.20 Å². The summed E-state index contributed by atoms with van der Waals surface area (Å²) in [4.78, 5) is 6.41. The van der Waals surface area contributed by atoms with E-state index in [0.29, 0.717) is 0 Å². The number of nitrogens with zero attached hydrogens (tertiary/aromatic N) is 2. The van der Waals surface area contributed by atoms with Gasteiger partial charge in [0.1, 0.15) is 0 Å². The molecule has 1 heterocycles. The van der Waals surface area contributed by atoms with Crippen LogP contribution in [-0.4, -0.2) is 30.0 Å². The minimum atomic E-state index is 0.935. The van der Waals surface area contributed by atoms with Gasteiger partial charge in [-0.1, -0.05) is 24.3 Å². The van der Waals surface area contributed by atoms with Gasteiger partial charge in [0.25, 0.3) is 0 Å². The maximum Gasteiger partial charge on any atom is 0.0340 e. The summed E-state index contributed by atoms with van der Waals surface area (Å²) in [7, 11) is 2.12. The van der Waals surface area contributed by atoms with Crippen LogP contribution >= 0.6 is 0 Å². The summed E-state index contributed by atoms with van der Waals surface area (Å²) >= 11 is 0. The number of nitrogens with one attached hydrogen (secondary N) is 1. The van der Waals surface area contributed by atoms with Crippen molar-refractivity contribution in [3.05, 3.63) is 60.4 Å². The Morgan fingerprint density at radius 3 is 2.67 bits per heavy atom. The van der Waals surface area contributed by atoms with Crippen molar-refractivity contribution in [2.45, 2.75) is 6.54 Å². The first-order chi connectivity index (χ1) is 8.84. The molecule has 0 fully saturated rings. The van der Waals surface area contributed by atoms with Gasteiger partial charge in [0.15, 0.2) is 0 Å². The SMILES string of the molecule is CN(CCNc1ccccc1)Cc1cccnc1. The van der Waals surface area contributed by atoms with E-state index in [0.717, 1.165) is 19.6 Å². The van der Waals surface area contributed by atoms with Gasteiger partial charge >= 0.3 is 0 Å². The topological polar surface area (TPSA) is 28.2 Å². The lowest BCUT2D eigenvalue weighted by atomic mass is 10.2. The van der Waals surface area contributed by atoms with Crippen LogP contribution in [0.25, 0.3) is 0 Å². The molecular weight excluding hydrogens is 222 g/mol. The summed E-state index contributed by atoms with van der Waals surface area (Å²) in [5.74, 6) is 0. The Kier molecular flexibility index (Phi) is 4.73. The van der Waals surface area contributed by atoms with Crippen molar-refractivity contribution in [2.24, 2.45) is 0 Å². The molecule has 0 aliphatic heterocycles. The van der Waals surface area contributed by atoms with Gasteiger partial charge in [-0.15, -0.1) is 0 Å². The van der Waals surface area contributed by atoms with Crippen LogP contribution in [0.2, 0.25) is 0 Å². The Morgan fingerprint density at radius 1 is 1.11 bits per heavy atom. The summed E-state index contributed by atoms with van der Waals surface area (Å²) in [6.45, 7) is 2.88. The zero-order valence-corrected chi connectivity index (χ0v) is 10.7. The van der Waals surface area contributed by atoms with Gasteiger partial charge in [-0.3, -0.25) is 4.98 Å². The van der Waals surface area contributed by atoms with Crippen molar-refractivity contribution < 1.29 is 0 Å². The van der Waals surface area contributed by atoms with E-state index in [1.807, 2.05) is 30.5 Å². The highest BCUT2D eigenvalue weighted by Crippen LogP contribution is 2.04. The Balaban J connectivity index is 1.71. The normalized spacial score (nSPS) is 10.6. The van der Waals surface area contributed by atoms with Crippen molar-refractivity contribution in [3.63, 3.8) is 0 Å². The smallest absolute Gasteiger partial charge is 0.0340 e. The number of likely N-dealkylation sites (N-methyl/N-ethyl adjacent to an activating group) is 1. The lowest BCUT2D eigenvalue weighted by Gasteiger charge is -2.17. The minimum Gasteiger partial charge on any atom is -0.384 e. The average Bonchev–Trinajstić information content (AvgIpc) is 2.41. The number of aromatic nitrogens is 1. The Labute approximate surface area is 108 Å². The number of rotatable bonds is 6. The van der Waals surface area contributed by atoms with Crippen LogP contribution in [0.1, 0.15) is 5.56 Å². The van der Waals surface area contributed by atoms with Crippen LogP contribution in [0.3, 0.4) is 0 Å². The molecule has 3 heteroatoms. The van der Waals surface area contributed by atoms with Gasteiger partial charge in [0.05, 0.1) is 0 Å². The van der Waals surface area contributed by atoms with Crippen molar-refractivity contribution >= 4 is 5.69 Å². The molecule has 0 saturated heterocycles. The van der Waals surface area contributed by atoms with Crippen LogP contribution in [0.5, 0.6) is 0 Å². The molecule has 1 aromatic carbocycles. The minimum absolute atomic E-state index is 0.935. The summed E-state index contributed by atoms with van der Waals surface area (Å²) in [6, 6.07) is 14.4. The van der Waals surface area contributed by atoms with Gasteiger partial charge in [-0.25, -0.2) is 0 Å². The first-order valence-electron chi connectivity index (χ1n) is 6.21. The molecule has 0 spiro atoms. The van der Waals surface area contributed by atoms with Gasteiger partial charge < -0.3 is 10.2 Å². The van der Waals surface area contributed by atoms with E-state index in [1.165, 1.54) is 11.3 Å². The lowest BCUT2D eigenvalue weighted by molar-refractivity contribution is 0.339. The van der Waals surface area contributed by atoms with Gasteiger partial charge in [0.2, 0.25) is 0 Å². The van der Waals surface area contributed by atoms with Gasteiger partial charge in [0, 0.05) is 37.7 Å². The number of pyridine rings is 1. The highest BCUT2D eigenvalue weighted by molar-refractivity contribution is 5.42. The predicted molar refractivity (Wildman–Crippen MR) is 75.5 cm³/mol. The largest absolute Gasteiger partial charge is 0.384 e. The zero-order valence-electron chi connectivity index (χ0n) is 10.7. The van der Waals surface area contributed by atoms with Crippen LogP contribution in [0, 0.1) is 0 Å². The van der Waals surface area contributed by atoms with E-state index >= 15 is 0 Å². The molecule has 0 amide bonds. The number of para-hydroxylation sites is 1. The number of hydrogen-bond donors (Lipinski definition) is 1. The first kappa shape index (κ1) is 12.6. The second-order valence-electron chi connectivity index (χ2n) is 4.39. The standard InChI is InChI=1S/C15H19N3/c1-18(13-14-6-5-9-16-12-14)11-10-17-15-7-3-2-4-8-15/h2-9,12,17H,10-11,13H2,1H3. The quantitative estimate of drug-likeness (QED) is 0.842. The van der Waals surface area contributed by atoms with Crippen molar-refractivity contribution in [2.75, 3.05) is 25.5 Å². The molecule has 0 atom stereocenters. The molecule has 0 aliphatic rings. The molecule has 0 radical (unpaired) electrons. The third-order valence-electron chi connectivity index (χ3n) is 2.77. The molecule has 0 saturated carbocycles. The Hall–Kier alpha value is -1.87. The molecule has 0 bridgehead atoms. The molecule has 3 nitrogen and oxygen atoms in total. The van der Waals surface area contributed by atoms with E-state index in [2.05, 4.69) is 40.4 Å². The van der Waals surface area contributed by atoms with Crippen molar-refractivity contribution in [3.8, 4) is 0 Å². The molecular formula is C15H19N3. The Morgan fingerprint density at radius 2 is 1.94 bits per heavy atom. The monoisotopic (exact) mass is 241 g/mol. The fourth-order valence-electron chi connectivity index (χ4n) is 1.83. The molecule has 0 aliphatic carbocycles. The fourth-order valence-corrected chi connectivity index (χ4v) is 1.83. The molecule has 0 unspecified atom stereocenters. The molecule has 1 aromatic heterocycles. The van der Waals surface area contributed by atoms with E-state index in [-0.39, 0.29) is 0 Å². The van der Waals surface area contributed by atoms with Crippen molar-refractivity contribution in [1.29, 1.82) is 0 Å². The highest BCUT2D eigenvalue weighted by atomic mass is 15.1. The van der Waals surface area contributed by atoms with E-state index < -0.39 is 0 Å². The van der Waals surface area contributed by atoms with Crippen molar-refractivity contribution in [1.82, 2.24) is 9.88 Å². The molecule has 2 rings (SSSR count). The second kappa shape index (κ2) is 6.77. The first-order valence-corrected chi connectivity index (χ1v) is 6.21. The maximum atomic E-state index is 4.12. The fraction of sp³-hybridized carbons (Fsp3) is 0.267. The third kappa shape index (κ3) is 4.18. The lowest BCUT2D eigenvalue weighted by Crippen LogP contribution is -2.24. The molecule has 18 heavy (non-hydrogen) atoms. The van der Waals surface area contributed by atoms with E-state index in [4.69, 9.17) is 0 Å². The second-order valence-corrected chi connectivity index (χ2v) is 4.39. The maximum absolute atomic E-state index is 4.12. The average molecular weight is 241 g/mol. The molecule has 1 N–H and O–H groups in total. The summed E-state index contributed by atoms with van der Waals surface area (Å²) in [6.07, 6.45) is 3.72. The Bertz CT molecular complexity index is 442. The molecule has 94 valence electrons. The number of benzene rings is 1. The van der Waals surface area contributed by atoms with Gasteiger partial charge in [-0.2, -0.15) is 0 Å². The number of anilines is 1. The van der Waals surface area contributed by atoms with Crippen LogP contribution < -0.4 is 5.32 Å². The highest BCUT2D eigenvalue weighted by Gasteiger charge is 1.99. The zero-order chi connectivity index (χ0) is 12.6. The predicted octanol–water partition coefficient (Wildman–Crippen LogP) is 2.63. The van der Waals surface area contributed by atoms with Crippen LogP contribution in [-0.2, 0) is 6.54 Å². The van der Waals surface area contributed by atoms with E-state index in [9.17, 15) is 0 Å². The summed E-state index contributed by atoms with van der Waals surface area (Å²) < 4.78 is 0. The summed E-state index contributed by atoms with van der Waals surface area (Å²) in [5, 5.41) is 3.40. The van der Waals surface area contributed by atoms with Gasteiger partial charge in [-0.05, 0) is 30.8 Å². The third-order valence-corrected chi connectivity index (χ3v) is 2.77. The summed E-state index contributed by atoms with van der Waals surface area (Å²) in [5.41, 5.74) is 2.42. The molecule has 2 aromatic rings.